The number of carboxylic acid groups (broad SMARTS) is 1. The van der Waals surface area contributed by atoms with E-state index < -0.39 is 36.0 Å². The van der Waals surface area contributed by atoms with Gasteiger partial charge in [0.15, 0.2) is 11.6 Å². The van der Waals surface area contributed by atoms with Crippen molar-refractivity contribution in [2.75, 3.05) is 0 Å². The first-order valence-electron chi connectivity index (χ1n) is 6.82. The van der Waals surface area contributed by atoms with E-state index in [-0.39, 0.29) is 11.1 Å². The monoisotopic (exact) mass is 382 g/mol. The van der Waals surface area contributed by atoms with Crippen LogP contribution in [0.4, 0.5) is 30.7 Å². The van der Waals surface area contributed by atoms with Crippen molar-refractivity contribution in [2.45, 2.75) is 18.5 Å². The van der Waals surface area contributed by atoms with Gasteiger partial charge in [-0.15, -0.1) is 0 Å². The van der Waals surface area contributed by atoms with Crippen molar-refractivity contribution in [3.05, 3.63) is 53.8 Å². The van der Waals surface area contributed by atoms with Crippen molar-refractivity contribution in [3.8, 4) is 16.9 Å². The van der Waals surface area contributed by atoms with E-state index in [9.17, 15) is 35.5 Å². The molecule has 0 aliphatic rings. The molecular formula is C16H9F7O3. The van der Waals surface area contributed by atoms with E-state index in [0.717, 1.165) is 6.07 Å². The molecule has 0 aromatic heterocycles. The Bertz CT molecular complexity index is 800. The lowest BCUT2D eigenvalue weighted by Crippen LogP contribution is -2.45. The molecule has 2 aromatic rings. The molecule has 0 aliphatic heterocycles. The Kier molecular flexibility index (Phi) is 5.15. The lowest BCUT2D eigenvalue weighted by molar-refractivity contribution is -0.305. The summed E-state index contributed by atoms with van der Waals surface area (Å²) >= 11 is 0. The highest BCUT2D eigenvalue weighted by Crippen LogP contribution is 2.37. The molecule has 0 radical (unpaired) electrons. The van der Waals surface area contributed by atoms with Crippen LogP contribution in [0, 0.1) is 5.82 Å². The fraction of sp³-hybridized carbons (Fsp3) is 0.188. The number of rotatable bonds is 5. The SMILES string of the molecule is O=C(O)c1ccc(-c2ccc(OC(F)(F)C(F)C(F)(F)F)c(F)c2)cc1. The van der Waals surface area contributed by atoms with Gasteiger partial charge in [-0.3, -0.25) is 0 Å². The molecule has 2 rings (SSSR count). The van der Waals surface area contributed by atoms with Gasteiger partial charge in [-0.05, 0) is 35.4 Å². The van der Waals surface area contributed by atoms with E-state index in [1.807, 2.05) is 0 Å². The van der Waals surface area contributed by atoms with Crippen molar-refractivity contribution in [1.82, 2.24) is 0 Å². The zero-order valence-electron chi connectivity index (χ0n) is 12.5. The van der Waals surface area contributed by atoms with Gasteiger partial charge in [0.1, 0.15) is 0 Å². The maximum atomic E-state index is 13.9. The van der Waals surface area contributed by atoms with Crippen LogP contribution in [0.25, 0.3) is 11.1 Å². The molecule has 0 saturated carbocycles. The summed E-state index contributed by atoms with van der Waals surface area (Å²) in [7, 11) is 0. The Labute approximate surface area is 141 Å². The molecule has 1 unspecified atom stereocenters. The zero-order chi connectivity index (χ0) is 19.7. The van der Waals surface area contributed by atoms with E-state index in [2.05, 4.69) is 4.74 Å². The van der Waals surface area contributed by atoms with Gasteiger partial charge in [-0.25, -0.2) is 13.6 Å². The van der Waals surface area contributed by atoms with E-state index in [4.69, 9.17) is 5.11 Å². The number of hydrogen-bond donors (Lipinski definition) is 1. The molecule has 0 saturated heterocycles. The average Bonchev–Trinajstić information content (AvgIpc) is 2.55. The zero-order valence-corrected chi connectivity index (χ0v) is 12.5. The third-order valence-electron chi connectivity index (χ3n) is 3.23. The van der Waals surface area contributed by atoms with Crippen LogP contribution < -0.4 is 4.74 Å². The number of hydrogen-bond acceptors (Lipinski definition) is 2. The minimum absolute atomic E-state index is 0.0463. The molecule has 0 heterocycles. The van der Waals surface area contributed by atoms with Crippen molar-refractivity contribution in [1.29, 1.82) is 0 Å². The third-order valence-corrected chi connectivity index (χ3v) is 3.23. The second kappa shape index (κ2) is 6.85. The topological polar surface area (TPSA) is 46.5 Å². The lowest BCUT2D eigenvalue weighted by Gasteiger charge is -2.23. The van der Waals surface area contributed by atoms with Gasteiger partial charge in [0.05, 0.1) is 5.56 Å². The van der Waals surface area contributed by atoms with Gasteiger partial charge in [0, 0.05) is 0 Å². The van der Waals surface area contributed by atoms with E-state index in [1.165, 1.54) is 24.3 Å². The van der Waals surface area contributed by atoms with Gasteiger partial charge in [-0.1, -0.05) is 18.2 Å². The van der Waals surface area contributed by atoms with Crippen LogP contribution in [-0.4, -0.2) is 29.5 Å². The largest absolute Gasteiger partial charge is 0.478 e. The molecule has 0 aliphatic carbocycles. The summed E-state index contributed by atoms with van der Waals surface area (Å²) in [6.45, 7) is 0. The number of ether oxygens (including phenoxy) is 1. The summed E-state index contributed by atoms with van der Waals surface area (Å²) in [4.78, 5) is 10.7. The van der Waals surface area contributed by atoms with Crippen LogP contribution in [0.15, 0.2) is 42.5 Å². The Morgan fingerprint density at radius 2 is 1.50 bits per heavy atom. The molecule has 0 fully saturated rings. The van der Waals surface area contributed by atoms with E-state index in [0.29, 0.717) is 17.7 Å². The number of alkyl halides is 6. The standard InChI is InChI=1S/C16H9F7O3/c17-11-7-10(8-1-3-9(4-2-8)13(24)25)5-6-12(11)26-16(22,23)14(18)15(19,20)21/h1-7,14H,(H,24,25). The molecule has 0 amide bonds. The third kappa shape index (κ3) is 4.24. The quantitative estimate of drug-likeness (QED) is 0.735. The molecule has 1 atom stereocenters. The summed E-state index contributed by atoms with van der Waals surface area (Å²) in [5.41, 5.74) is 0.378. The first-order chi connectivity index (χ1) is 11.9. The molecule has 1 N–H and O–H groups in total. The molecule has 140 valence electrons. The van der Waals surface area contributed by atoms with Gasteiger partial charge < -0.3 is 9.84 Å². The predicted octanol–water partition coefficient (Wildman–Crippen LogP) is 5.06. The van der Waals surface area contributed by atoms with Crippen LogP contribution >= 0.6 is 0 Å². The lowest BCUT2D eigenvalue weighted by atomic mass is 10.0. The minimum atomic E-state index is -5.88. The second-order valence-electron chi connectivity index (χ2n) is 5.10. The molecule has 10 heteroatoms. The number of benzene rings is 2. The maximum Gasteiger partial charge on any atom is 0.439 e. The van der Waals surface area contributed by atoms with E-state index >= 15 is 0 Å². The second-order valence-corrected chi connectivity index (χ2v) is 5.10. The van der Waals surface area contributed by atoms with Crippen LogP contribution in [0.2, 0.25) is 0 Å². The molecule has 0 bridgehead atoms. The normalized spacial score (nSPS) is 13.3. The first-order valence-corrected chi connectivity index (χ1v) is 6.82. The van der Waals surface area contributed by atoms with Gasteiger partial charge in [0.25, 0.3) is 6.17 Å². The highest BCUT2D eigenvalue weighted by atomic mass is 19.4. The maximum absolute atomic E-state index is 13.9. The molecule has 0 spiro atoms. The Morgan fingerprint density at radius 1 is 0.962 bits per heavy atom. The summed E-state index contributed by atoms with van der Waals surface area (Å²) in [5.74, 6) is -3.91. The average molecular weight is 382 g/mol. The van der Waals surface area contributed by atoms with Crippen LogP contribution in [0.3, 0.4) is 0 Å². The van der Waals surface area contributed by atoms with Crippen molar-refractivity contribution >= 4 is 5.97 Å². The van der Waals surface area contributed by atoms with Crippen LogP contribution in [0.1, 0.15) is 10.4 Å². The van der Waals surface area contributed by atoms with Gasteiger partial charge >= 0.3 is 18.3 Å². The Balaban J connectivity index is 2.25. The fourth-order valence-corrected chi connectivity index (χ4v) is 1.96. The smallest absolute Gasteiger partial charge is 0.439 e. The molecule has 2 aromatic carbocycles. The Morgan fingerprint density at radius 3 is 1.96 bits per heavy atom. The van der Waals surface area contributed by atoms with Gasteiger partial charge in [-0.2, -0.15) is 22.0 Å². The summed E-state index contributed by atoms with van der Waals surface area (Å²) < 4.78 is 92.8. The fourth-order valence-electron chi connectivity index (χ4n) is 1.96. The summed E-state index contributed by atoms with van der Waals surface area (Å²) in [6.07, 6.45) is -15.8. The Hall–Kier alpha value is -2.78. The highest BCUT2D eigenvalue weighted by Gasteiger charge is 2.59. The van der Waals surface area contributed by atoms with Crippen molar-refractivity contribution in [2.24, 2.45) is 0 Å². The van der Waals surface area contributed by atoms with Crippen LogP contribution in [-0.2, 0) is 0 Å². The number of aromatic carboxylic acids is 1. The van der Waals surface area contributed by atoms with Crippen LogP contribution in [0.5, 0.6) is 5.75 Å². The number of carboxylic acids is 1. The number of carbonyl (C=O) groups is 1. The molecule has 26 heavy (non-hydrogen) atoms. The summed E-state index contributed by atoms with van der Waals surface area (Å²) in [6, 6.07) is 7.40. The number of halogens is 7. The van der Waals surface area contributed by atoms with E-state index in [1.54, 1.807) is 0 Å². The minimum Gasteiger partial charge on any atom is -0.478 e. The highest BCUT2D eigenvalue weighted by molar-refractivity contribution is 5.88. The summed E-state index contributed by atoms with van der Waals surface area (Å²) in [5, 5.41) is 8.78. The van der Waals surface area contributed by atoms with Crippen molar-refractivity contribution in [3.63, 3.8) is 0 Å². The van der Waals surface area contributed by atoms with Gasteiger partial charge in [0.2, 0.25) is 0 Å². The van der Waals surface area contributed by atoms with Crippen molar-refractivity contribution < 1.29 is 45.4 Å². The first kappa shape index (κ1) is 19.5. The molecule has 3 nitrogen and oxygen atoms in total. The predicted molar refractivity (Wildman–Crippen MR) is 75.3 cm³/mol. The molecular weight excluding hydrogens is 373 g/mol.